The zero-order valence-corrected chi connectivity index (χ0v) is 11.4. The predicted molar refractivity (Wildman–Crippen MR) is 80.0 cm³/mol. The SMILES string of the molecule is Cc1cccc(C(=O)Nc2cccc(/C=C/C(=O)O)c2)n1. The third kappa shape index (κ3) is 4.28. The lowest BCUT2D eigenvalue weighted by Gasteiger charge is -2.06. The highest BCUT2D eigenvalue weighted by molar-refractivity contribution is 6.03. The lowest BCUT2D eigenvalue weighted by molar-refractivity contribution is -0.131. The van der Waals surface area contributed by atoms with Crippen molar-refractivity contribution in [3.05, 3.63) is 65.5 Å². The van der Waals surface area contributed by atoms with E-state index in [0.717, 1.165) is 11.8 Å². The fourth-order valence-corrected chi connectivity index (χ4v) is 1.75. The summed E-state index contributed by atoms with van der Waals surface area (Å²) >= 11 is 0. The fourth-order valence-electron chi connectivity index (χ4n) is 1.75. The van der Waals surface area contributed by atoms with Crippen LogP contribution in [-0.2, 0) is 4.79 Å². The Morgan fingerprint density at radius 3 is 2.67 bits per heavy atom. The van der Waals surface area contributed by atoms with Crippen molar-refractivity contribution in [2.45, 2.75) is 6.92 Å². The number of pyridine rings is 1. The molecular weight excluding hydrogens is 268 g/mol. The number of carboxylic acids is 1. The van der Waals surface area contributed by atoms with Crippen LogP contribution in [0.4, 0.5) is 5.69 Å². The maximum Gasteiger partial charge on any atom is 0.328 e. The third-order valence-electron chi connectivity index (χ3n) is 2.68. The smallest absolute Gasteiger partial charge is 0.328 e. The normalized spacial score (nSPS) is 10.5. The van der Waals surface area contributed by atoms with E-state index in [1.807, 2.05) is 13.0 Å². The monoisotopic (exact) mass is 282 g/mol. The first-order valence-electron chi connectivity index (χ1n) is 6.31. The molecule has 1 heterocycles. The number of nitrogens with one attached hydrogen (secondary N) is 1. The summed E-state index contributed by atoms with van der Waals surface area (Å²) in [6, 6.07) is 12.1. The maximum absolute atomic E-state index is 12.1. The molecule has 0 aliphatic heterocycles. The van der Waals surface area contributed by atoms with Crippen LogP contribution < -0.4 is 5.32 Å². The summed E-state index contributed by atoms with van der Waals surface area (Å²) in [5.41, 5.74) is 2.37. The summed E-state index contributed by atoms with van der Waals surface area (Å²) in [6.07, 6.45) is 2.51. The molecule has 0 spiro atoms. The van der Waals surface area contributed by atoms with Crippen LogP contribution in [0, 0.1) is 6.92 Å². The molecule has 2 rings (SSSR count). The second-order valence-corrected chi connectivity index (χ2v) is 4.42. The van der Waals surface area contributed by atoms with Crippen LogP contribution in [0.1, 0.15) is 21.7 Å². The van der Waals surface area contributed by atoms with Crippen LogP contribution in [0.25, 0.3) is 6.08 Å². The van der Waals surface area contributed by atoms with E-state index in [-0.39, 0.29) is 5.91 Å². The second-order valence-electron chi connectivity index (χ2n) is 4.42. The molecule has 0 aliphatic carbocycles. The summed E-state index contributed by atoms with van der Waals surface area (Å²) in [5, 5.41) is 11.3. The molecule has 5 nitrogen and oxygen atoms in total. The highest BCUT2D eigenvalue weighted by Crippen LogP contribution is 2.13. The summed E-state index contributed by atoms with van der Waals surface area (Å²) in [6.45, 7) is 1.81. The largest absolute Gasteiger partial charge is 0.478 e. The molecule has 0 atom stereocenters. The number of aryl methyl sites for hydroxylation is 1. The molecule has 21 heavy (non-hydrogen) atoms. The number of carboxylic acid groups (broad SMARTS) is 1. The lowest BCUT2D eigenvalue weighted by atomic mass is 10.2. The van der Waals surface area contributed by atoms with E-state index in [4.69, 9.17) is 5.11 Å². The average molecular weight is 282 g/mol. The molecule has 1 aromatic carbocycles. The fraction of sp³-hybridized carbons (Fsp3) is 0.0625. The van der Waals surface area contributed by atoms with Gasteiger partial charge < -0.3 is 10.4 Å². The van der Waals surface area contributed by atoms with Gasteiger partial charge in [0.15, 0.2) is 0 Å². The van der Waals surface area contributed by atoms with Gasteiger partial charge >= 0.3 is 5.97 Å². The highest BCUT2D eigenvalue weighted by Gasteiger charge is 2.07. The number of hydrogen-bond acceptors (Lipinski definition) is 3. The zero-order valence-electron chi connectivity index (χ0n) is 11.4. The molecule has 0 aliphatic rings. The lowest BCUT2D eigenvalue weighted by Crippen LogP contribution is -2.13. The van der Waals surface area contributed by atoms with E-state index < -0.39 is 5.97 Å². The number of carbonyl (C=O) groups is 2. The van der Waals surface area contributed by atoms with Gasteiger partial charge in [0.05, 0.1) is 0 Å². The topological polar surface area (TPSA) is 79.3 Å². The minimum atomic E-state index is -1.02. The zero-order chi connectivity index (χ0) is 15.2. The van der Waals surface area contributed by atoms with Crippen molar-refractivity contribution in [1.82, 2.24) is 4.98 Å². The Kier molecular flexibility index (Phi) is 4.46. The number of carbonyl (C=O) groups excluding carboxylic acids is 1. The number of aromatic nitrogens is 1. The van der Waals surface area contributed by atoms with Crippen molar-refractivity contribution in [3.8, 4) is 0 Å². The van der Waals surface area contributed by atoms with Crippen molar-refractivity contribution in [2.75, 3.05) is 5.32 Å². The minimum Gasteiger partial charge on any atom is -0.478 e. The first-order valence-corrected chi connectivity index (χ1v) is 6.31. The van der Waals surface area contributed by atoms with Gasteiger partial charge in [-0.3, -0.25) is 4.79 Å². The summed E-state index contributed by atoms with van der Waals surface area (Å²) in [5.74, 6) is -1.33. The Balaban J connectivity index is 2.14. The van der Waals surface area contributed by atoms with Gasteiger partial charge in [-0.2, -0.15) is 0 Å². The van der Waals surface area contributed by atoms with Crippen LogP contribution >= 0.6 is 0 Å². The number of nitrogens with zero attached hydrogens (tertiary/aromatic N) is 1. The Morgan fingerprint density at radius 1 is 1.19 bits per heavy atom. The van der Waals surface area contributed by atoms with Crippen LogP contribution in [0.15, 0.2) is 48.5 Å². The molecule has 2 N–H and O–H groups in total. The van der Waals surface area contributed by atoms with Gasteiger partial charge in [-0.15, -0.1) is 0 Å². The number of aliphatic carboxylic acids is 1. The van der Waals surface area contributed by atoms with Gasteiger partial charge in [0.25, 0.3) is 5.91 Å². The molecule has 1 aromatic heterocycles. The second kappa shape index (κ2) is 6.47. The quantitative estimate of drug-likeness (QED) is 0.845. The molecule has 106 valence electrons. The minimum absolute atomic E-state index is 0.307. The van der Waals surface area contributed by atoms with Gasteiger partial charge in [-0.05, 0) is 42.8 Å². The van der Waals surface area contributed by atoms with Crippen LogP contribution in [-0.4, -0.2) is 22.0 Å². The van der Waals surface area contributed by atoms with E-state index in [1.54, 1.807) is 36.4 Å². The molecule has 5 heteroatoms. The molecule has 0 radical (unpaired) electrons. The standard InChI is InChI=1S/C16H14N2O3/c1-11-4-2-7-14(17-11)16(21)18-13-6-3-5-12(10-13)8-9-15(19)20/h2-10H,1H3,(H,18,21)(H,19,20)/b9-8+. The summed E-state index contributed by atoms with van der Waals surface area (Å²) in [4.78, 5) is 26.7. The van der Waals surface area contributed by atoms with Crippen LogP contribution in [0.3, 0.4) is 0 Å². The number of anilines is 1. The number of benzene rings is 1. The first kappa shape index (κ1) is 14.5. The van der Waals surface area contributed by atoms with Crippen molar-refractivity contribution in [3.63, 3.8) is 0 Å². The molecular formula is C16H14N2O3. The van der Waals surface area contributed by atoms with E-state index in [9.17, 15) is 9.59 Å². The maximum atomic E-state index is 12.1. The van der Waals surface area contributed by atoms with Gasteiger partial charge in [-0.25, -0.2) is 9.78 Å². The Hall–Kier alpha value is -2.95. The van der Waals surface area contributed by atoms with Crippen molar-refractivity contribution in [1.29, 1.82) is 0 Å². The highest BCUT2D eigenvalue weighted by atomic mass is 16.4. The number of amides is 1. The van der Waals surface area contributed by atoms with Crippen LogP contribution in [0.5, 0.6) is 0 Å². The third-order valence-corrected chi connectivity index (χ3v) is 2.68. The van der Waals surface area contributed by atoms with Gasteiger partial charge in [0.2, 0.25) is 0 Å². The van der Waals surface area contributed by atoms with E-state index in [1.165, 1.54) is 6.08 Å². The average Bonchev–Trinajstić information content (AvgIpc) is 2.45. The molecule has 2 aromatic rings. The Bertz CT molecular complexity index is 708. The van der Waals surface area contributed by atoms with E-state index >= 15 is 0 Å². The number of hydrogen-bond donors (Lipinski definition) is 2. The summed E-state index contributed by atoms with van der Waals surface area (Å²) < 4.78 is 0. The molecule has 0 saturated carbocycles. The molecule has 0 unspecified atom stereocenters. The molecule has 0 fully saturated rings. The Morgan fingerprint density at radius 2 is 1.95 bits per heavy atom. The number of rotatable bonds is 4. The van der Waals surface area contributed by atoms with Crippen molar-refractivity contribution in [2.24, 2.45) is 0 Å². The van der Waals surface area contributed by atoms with Crippen LogP contribution in [0.2, 0.25) is 0 Å². The Labute approximate surface area is 122 Å². The van der Waals surface area contributed by atoms with E-state index in [0.29, 0.717) is 16.9 Å². The van der Waals surface area contributed by atoms with E-state index in [2.05, 4.69) is 10.3 Å². The van der Waals surface area contributed by atoms with Crippen molar-refractivity contribution >= 4 is 23.6 Å². The van der Waals surface area contributed by atoms with Crippen molar-refractivity contribution < 1.29 is 14.7 Å². The van der Waals surface area contributed by atoms with Gasteiger partial charge in [0.1, 0.15) is 5.69 Å². The molecule has 0 saturated heterocycles. The van der Waals surface area contributed by atoms with Gasteiger partial charge in [0, 0.05) is 17.5 Å². The summed E-state index contributed by atoms with van der Waals surface area (Å²) in [7, 11) is 0. The molecule has 1 amide bonds. The predicted octanol–water partition coefficient (Wildman–Crippen LogP) is 2.74. The first-order chi connectivity index (χ1) is 10.0. The van der Waals surface area contributed by atoms with Gasteiger partial charge in [-0.1, -0.05) is 18.2 Å². The molecule has 0 bridgehead atoms.